The Morgan fingerprint density at radius 2 is 1.79 bits per heavy atom. The van der Waals surface area contributed by atoms with E-state index in [0.29, 0.717) is 6.61 Å². The SMILES string of the molecule is O=[N+]([O-])c1ccc(N2CCCCC2)c([C@H]2OCCCN2Cc2ccccc2)c1. The lowest BCUT2D eigenvalue weighted by Gasteiger charge is -2.39. The van der Waals surface area contributed by atoms with Crippen LogP contribution in [0.15, 0.2) is 48.5 Å². The van der Waals surface area contributed by atoms with E-state index >= 15 is 0 Å². The molecule has 2 aromatic carbocycles. The smallest absolute Gasteiger partial charge is 0.270 e. The van der Waals surface area contributed by atoms with Crippen molar-refractivity contribution in [3.8, 4) is 0 Å². The van der Waals surface area contributed by atoms with Crippen LogP contribution in [0.5, 0.6) is 0 Å². The molecule has 6 heteroatoms. The Hall–Kier alpha value is -2.44. The van der Waals surface area contributed by atoms with Gasteiger partial charge in [0.15, 0.2) is 0 Å². The van der Waals surface area contributed by atoms with Gasteiger partial charge >= 0.3 is 0 Å². The van der Waals surface area contributed by atoms with Crippen LogP contribution in [-0.4, -0.2) is 36.1 Å². The fraction of sp³-hybridized carbons (Fsp3) is 0.455. The van der Waals surface area contributed by atoms with E-state index in [1.165, 1.54) is 12.0 Å². The standard InChI is InChI=1S/C22H27N3O3/c26-25(27)19-10-11-21(23-12-5-2-6-13-23)20(16-19)22-24(14-7-15-28-22)17-18-8-3-1-4-9-18/h1,3-4,8-11,16,22H,2,5-7,12-15,17H2/t22-/m1/s1. The summed E-state index contributed by atoms with van der Waals surface area (Å²) in [6.45, 7) is 4.36. The molecule has 0 bridgehead atoms. The van der Waals surface area contributed by atoms with Crippen LogP contribution in [-0.2, 0) is 11.3 Å². The summed E-state index contributed by atoms with van der Waals surface area (Å²) in [5, 5.41) is 11.4. The zero-order valence-electron chi connectivity index (χ0n) is 16.1. The van der Waals surface area contributed by atoms with Crippen LogP contribution < -0.4 is 4.90 Å². The van der Waals surface area contributed by atoms with Crippen molar-refractivity contribution >= 4 is 11.4 Å². The maximum atomic E-state index is 11.4. The first-order valence-corrected chi connectivity index (χ1v) is 10.2. The Bertz CT molecular complexity index is 806. The summed E-state index contributed by atoms with van der Waals surface area (Å²) in [4.78, 5) is 15.8. The molecule has 2 aliphatic heterocycles. The molecule has 0 unspecified atom stereocenters. The predicted octanol–water partition coefficient (Wildman–Crippen LogP) is 4.51. The number of piperidine rings is 1. The van der Waals surface area contributed by atoms with Crippen molar-refractivity contribution in [3.63, 3.8) is 0 Å². The minimum atomic E-state index is -0.312. The maximum Gasteiger partial charge on any atom is 0.270 e. The molecule has 28 heavy (non-hydrogen) atoms. The third-order valence-electron chi connectivity index (χ3n) is 5.61. The molecule has 0 N–H and O–H groups in total. The number of rotatable bonds is 5. The minimum absolute atomic E-state index is 0.129. The molecule has 0 aromatic heterocycles. The first kappa shape index (κ1) is 18.9. The fourth-order valence-electron chi connectivity index (χ4n) is 4.23. The van der Waals surface area contributed by atoms with Gasteiger partial charge in [0.25, 0.3) is 5.69 Å². The molecule has 2 saturated heterocycles. The van der Waals surface area contributed by atoms with E-state index in [4.69, 9.17) is 4.74 Å². The summed E-state index contributed by atoms with van der Waals surface area (Å²) in [5.41, 5.74) is 3.36. The molecule has 2 aliphatic rings. The average molecular weight is 381 g/mol. The first-order chi connectivity index (χ1) is 13.7. The molecular formula is C22H27N3O3. The summed E-state index contributed by atoms with van der Waals surface area (Å²) >= 11 is 0. The fourth-order valence-corrected chi connectivity index (χ4v) is 4.23. The lowest BCUT2D eigenvalue weighted by Crippen LogP contribution is -2.38. The lowest BCUT2D eigenvalue weighted by molar-refractivity contribution is -0.385. The van der Waals surface area contributed by atoms with E-state index in [9.17, 15) is 10.1 Å². The van der Waals surface area contributed by atoms with E-state index in [1.54, 1.807) is 12.1 Å². The van der Waals surface area contributed by atoms with Gasteiger partial charge in [-0.05, 0) is 37.3 Å². The highest BCUT2D eigenvalue weighted by Crippen LogP contribution is 2.37. The van der Waals surface area contributed by atoms with Gasteiger partial charge in [-0.2, -0.15) is 0 Å². The van der Waals surface area contributed by atoms with Crippen molar-refractivity contribution in [1.82, 2.24) is 4.90 Å². The summed E-state index contributed by atoms with van der Waals surface area (Å²) < 4.78 is 6.19. The third kappa shape index (κ3) is 4.18. The maximum absolute atomic E-state index is 11.4. The van der Waals surface area contributed by atoms with Crippen LogP contribution in [0, 0.1) is 10.1 Å². The molecule has 2 heterocycles. The van der Waals surface area contributed by atoms with Gasteiger partial charge in [-0.15, -0.1) is 0 Å². The second-order valence-electron chi connectivity index (χ2n) is 7.58. The number of benzene rings is 2. The van der Waals surface area contributed by atoms with Gasteiger partial charge in [-0.3, -0.25) is 15.0 Å². The number of ether oxygens (including phenoxy) is 1. The first-order valence-electron chi connectivity index (χ1n) is 10.2. The molecule has 0 amide bonds. The Labute approximate surface area is 165 Å². The van der Waals surface area contributed by atoms with Crippen LogP contribution in [0.2, 0.25) is 0 Å². The predicted molar refractivity (Wildman–Crippen MR) is 109 cm³/mol. The zero-order chi connectivity index (χ0) is 19.3. The van der Waals surface area contributed by atoms with Crippen LogP contribution >= 0.6 is 0 Å². The molecule has 2 aromatic rings. The zero-order valence-corrected chi connectivity index (χ0v) is 16.1. The number of nitrogens with zero attached hydrogens (tertiary/aromatic N) is 3. The number of hydrogen-bond acceptors (Lipinski definition) is 5. The normalized spacial score (nSPS) is 20.9. The number of non-ortho nitro benzene ring substituents is 1. The van der Waals surface area contributed by atoms with Gasteiger partial charge in [0.2, 0.25) is 0 Å². The van der Waals surface area contributed by atoms with Crippen molar-refractivity contribution in [1.29, 1.82) is 0 Å². The summed E-state index contributed by atoms with van der Waals surface area (Å²) in [5.74, 6) is 0. The second kappa shape index (κ2) is 8.71. The summed E-state index contributed by atoms with van der Waals surface area (Å²) in [6, 6.07) is 15.6. The van der Waals surface area contributed by atoms with Crippen LogP contribution in [0.3, 0.4) is 0 Å². The van der Waals surface area contributed by atoms with Crippen molar-refractivity contribution in [2.75, 3.05) is 31.1 Å². The molecule has 1 atom stereocenters. The Morgan fingerprint density at radius 1 is 1.00 bits per heavy atom. The van der Waals surface area contributed by atoms with E-state index in [1.807, 2.05) is 24.3 Å². The molecule has 0 radical (unpaired) electrons. The van der Waals surface area contributed by atoms with E-state index < -0.39 is 0 Å². The lowest BCUT2D eigenvalue weighted by atomic mass is 10.0. The monoisotopic (exact) mass is 381 g/mol. The van der Waals surface area contributed by atoms with Crippen molar-refractivity contribution < 1.29 is 9.66 Å². The highest BCUT2D eigenvalue weighted by molar-refractivity contribution is 5.59. The number of nitro benzene ring substituents is 1. The Morgan fingerprint density at radius 3 is 2.54 bits per heavy atom. The van der Waals surface area contributed by atoms with Crippen molar-refractivity contribution in [2.24, 2.45) is 0 Å². The van der Waals surface area contributed by atoms with E-state index in [-0.39, 0.29) is 16.8 Å². The van der Waals surface area contributed by atoms with Gasteiger partial charge in [-0.1, -0.05) is 30.3 Å². The molecule has 6 nitrogen and oxygen atoms in total. The number of hydrogen-bond donors (Lipinski definition) is 0. The molecule has 2 fully saturated rings. The molecule has 4 rings (SSSR count). The van der Waals surface area contributed by atoms with E-state index in [0.717, 1.165) is 56.7 Å². The number of nitro groups is 1. The van der Waals surface area contributed by atoms with Crippen molar-refractivity contribution in [3.05, 3.63) is 69.8 Å². The summed E-state index contributed by atoms with van der Waals surface area (Å²) in [6.07, 6.45) is 4.28. The topological polar surface area (TPSA) is 58.9 Å². The van der Waals surface area contributed by atoms with Gasteiger partial charge < -0.3 is 9.64 Å². The third-order valence-corrected chi connectivity index (χ3v) is 5.61. The van der Waals surface area contributed by atoms with Gasteiger partial charge in [0, 0.05) is 49.6 Å². The molecule has 0 aliphatic carbocycles. The number of anilines is 1. The van der Waals surface area contributed by atoms with Crippen LogP contribution in [0.1, 0.15) is 43.0 Å². The van der Waals surface area contributed by atoms with Gasteiger partial charge in [-0.25, -0.2) is 0 Å². The molecule has 0 spiro atoms. The largest absolute Gasteiger partial charge is 0.371 e. The highest BCUT2D eigenvalue weighted by atomic mass is 16.6. The highest BCUT2D eigenvalue weighted by Gasteiger charge is 2.30. The van der Waals surface area contributed by atoms with Crippen LogP contribution in [0.4, 0.5) is 11.4 Å². The second-order valence-corrected chi connectivity index (χ2v) is 7.58. The Kier molecular flexibility index (Phi) is 5.88. The molecular weight excluding hydrogens is 354 g/mol. The molecule has 0 saturated carbocycles. The van der Waals surface area contributed by atoms with Crippen molar-refractivity contribution in [2.45, 2.75) is 38.5 Å². The van der Waals surface area contributed by atoms with Gasteiger partial charge in [0.1, 0.15) is 6.23 Å². The van der Waals surface area contributed by atoms with Gasteiger partial charge in [0.05, 0.1) is 11.5 Å². The minimum Gasteiger partial charge on any atom is -0.371 e. The van der Waals surface area contributed by atoms with E-state index in [2.05, 4.69) is 21.9 Å². The quantitative estimate of drug-likeness (QED) is 0.563. The molecule has 148 valence electrons. The Balaban J connectivity index is 1.68. The average Bonchev–Trinajstić information content (AvgIpc) is 2.75. The van der Waals surface area contributed by atoms with Crippen LogP contribution in [0.25, 0.3) is 0 Å². The summed E-state index contributed by atoms with van der Waals surface area (Å²) in [7, 11) is 0.